The molecular formula is C13H24O. The van der Waals surface area contributed by atoms with Crippen LogP contribution in [-0.2, 0) is 4.74 Å². The van der Waals surface area contributed by atoms with Gasteiger partial charge in [-0.15, -0.1) is 12.3 Å². The van der Waals surface area contributed by atoms with Gasteiger partial charge in [0.2, 0.25) is 0 Å². The minimum absolute atomic E-state index is 0.913. The molecule has 0 aromatic heterocycles. The molecule has 0 amide bonds. The predicted molar refractivity (Wildman–Crippen MR) is 62.3 cm³/mol. The fourth-order valence-electron chi connectivity index (χ4n) is 1.34. The Bertz CT molecular complexity index is 135. The molecule has 0 spiro atoms. The molecule has 0 radical (unpaired) electrons. The first kappa shape index (κ1) is 13.5. The van der Waals surface area contributed by atoms with Crippen LogP contribution in [0.5, 0.6) is 0 Å². The highest BCUT2D eigenvalue weighted by Crippen LogP contribution is 2.01. The SMILES string of the molecule is C#CCCCCCOCCCCCC. The van der Waals surface area contributed by atoms with Crippen molar-refractivity contribution >= 4 is 0 Å². The van der Waals surface area contributed by atoms with E-state index < -0.39 is 0 Å². The normalized spacial score (nSPS) is 10.0. The van der Waals surface area contributed by atoms with E-state index in [9.17, 15) is 0 Å². The van der Waals surface area contributed by atoms with Crippen LogP contribution in [0.15, 0.2) is 0 Å². The van der Waals surface area contributed by atoms with E-state index in [1.807, 2.05) is 0 Å². The van der Waals surface area contributed by atoms with Crippen LogP contribution in [0.2, 0.25) is 0 Å². The molecule has 82 valence electrons. The van der Waals surface area contributed by atoms with Gasteiger partial charge in [0.25, 0.3) is 0 Å². The van der Waals surface area contributed by atoms with E-state index in [-0.39, 0.29) is 0 Å². The Balaban J connectivity index is 2.82. The molecule has 0 aliphatic carbocycles. The van der Waals surface area contributed by atoms with Crippen molar-refractivity contribution in [1.29, 1.82) is 0 Å². The number of ether oxygens (including phenoxy) is 1. The highest BCUT2D eigenvalue weighted by molar-refractivity contribution is 4.82. The maximum absolute atomic E-state index is 5.51. The van der Waals surface area contributed by atoms with Crippen LogP contribution in [0.25, 0.3) is 0 Å². The first-order chi connectivity index (χ1) is 6.91. The van der Waals surface area contributed by atoms with Gasteiger partial charge in [0.1, 0.15) is 0 Å². The first-order valence-corrected chi connectivity index (χ1v) is 5.93. The van der Waals surface area contributed by atoms with Gasteiger partial charge < -0.3 is 4.74 Å². The number of hydrogen-bond donors (Lipinski definition) is 0. The number of unbranched alkanes of at least 4 members (excludes halogenated alkanes) is 6. The summed E-state index contributed by atoms with van der Waals surface area (Å²) in [5, 5.41) is 0. The predicted octanol–water partition coefficient (Wildman–Crippen LogP) is 3.78. The molecule has 1 nitrogen and oxygen atoms in total. The van der Waals surface area contributed by atoms with E-state index in [0.29, 0.717) is 0 Å². The average Bonchev–Trinajstić information content (AvgIpc) is 2.21. The standard InChI is InChI=1S/C13H24O/c1-3-5-7-9-11-13-14-12-10-8-6-4-2/h1H,4-13H2,2H3. The van der Waals surface area contributed by atoms with Crippen LogP contribution < -0.4 is 0 Å². The van der Waals surface area contributed by atoms with Crippen molar-refractivity contribution in [2.45, 2.75) is 58.3 Å². The number of hydrogen-bond acceptors (Lipinski definition) is 1. The van der Waals surface area contributed by atoms with Crippen molar-refractivity contribution in [3.63, 3.8) is 0 Å². The minimum Gasteiger partial charge on any atom is -0.381 e. The van der Waals surface area contributed by atoms with Gasteiger partial charge in [-0.3, -0.25) is 0 Å². The third kappa shape index (κ3) is 11.5. The minimum atomic E-state index is 0.913. The maximum atomic E-state index is 5.51. The van der Waals surface area contributed by atoms with Crippen LogP contribution >= 0.6 is 0 Å². The molecule has 0 unspecified atom stereocenters. The molecule has 0 fully saturated rings. The highest BCUT2D eigenvalue weighted by Gasteiger charge is 1.90. The highest BCUT2D eigenvalue weighted by atomic mass is 16.5. The third-order valence-electron chi connectivity index (χ3n) is 2.25. The molecule has 0 aliphatic rings. The van der Waals surface area contributed by atoms with E-state index in [1.54, 1.807) is 0 Å². The smallest absolute Gasteiger partial charge is 0.0466 e. The molecular weight excluding hydrogens is 172 g/mol. The van der Waals surface area contributed by atoms with Crippen molar-refractivity contribution in [2.24, 2.45) is 0 Å². The fourth-order valence-corrected chi connectivity index (χ4v) is 1.34. The third-order valence-corrected chi connectivity index (χ3v) is 2.25. The number of rotatable bonds is 10. The summed E-state index contributed by atoms with van der Waals surface area (Å²) in [5.74, 6) is 2.65. The van der Waals surface area contributed by atoms with Crippen LogP contribution in [0.3, 0.4) is 0 Å². The van der Waals surface area contributed by atoms with Crippen LogP contribution in [0, 0.1) is 12.3 Å². The summed E-state index contributed by atoms with van der Waals surface area (Å²) in [5.41, 5.74) is 0. The van der Waals surface area contributed by atoms with Gasteiger partial charge >= 0.3 is 0 Å². The summed E-state index contributed by atoms with van der Waals surface area (Å²) in [6.07, 6.45) is 14.8. The Morgan fingerprint density at radius 3 is 2.14 bits per heavy atom. The molecule has 0 N–H and O–H groups in total. The molecule has 14 heavy (non-hydrogen) atoms. The zero-order valence-corrected chi connectivity index (χ0v) is 9.56. The molecule has 0 aromatic carbocycles. The van der Waals surface area contributed by atoms with E-state index in [1.165, 1.54) is 32.1 Å². The van der Waals surface area contributed by atoms with Gasteiger partial charge in [0.05, 0.1) is 0 Å². The molecule has 0 rings (SSSR count). The van der Waals surface area contributed by atoms with Crippen molar-refractivity contribution < 1.29 is 4.74 Å². The Kier molecular flexibility index (Phi) is 12.1. The van der Waals surface area contributed by atoms with E-state index in [4.69, 9.17) is 11.2 Å². The molecule has 1 heteroatoms. The van der Waals surface area contributed by atoms with Crippen molar-refractivity contribution in [3.8, 4) is 12.3 Å². The van der Waals surface area contributed by atoms with E-state index in [2.05, 4.69) is 12.8 Å². The van der Waals surface area contributed by atoms with Crippen LogP contribution in [-0.4, -0.2) is 13.2 Å². The Morgan fingerprint density at radius 2 is 1.57 bits per heavy atom. The molecule has 0 saturated carbocycles. The number of terminal acetylenes is 1. The van der Waals surface area contributed by atoms with E-state index in [0.717, 1.165) is 32.5 Å². The van der Waals surface area contributed by atoms with Crippen LogP contribution in [0.4, 0.5) is 0 Å². The lowest BCUT2D eigenvalue weighted by molar-refractivity contribution is 0.126. The quantitative estimate of drug-likeness (QED) is 0.382. The molecule has 0 atom stereocenters. The average molecular weight is 196 g/mol. The fraction of sp³-hybridized carbons (Fsp3) is 0.846. The Morgan fingerprint density at radius 1 is 0.929 bits per heavy atom. The topological polar surface area (TPSA) is 9.23 Å². The maximum Gasteiger partial charge on any atom is 0.0466 e. The lowest BCUT2D eigenvalue weighted by Crippen LogP contribution is -1.96. The molecule has 0 aliphatic heterocycles. The second-order valence-corrected chi connectivity index (χ2v) is 3.69. The summed E-state index contributed by atoms with van der Waals surface area (Å²) in [4.78, 5) is 0. The summed E-state index contributed by atoms with van der Waals surface area (Å²) in [7, 11) is 0. The van der Waals surface area contributed by atoms with Gasteiger partial charge in [-0.05, 0) is 19.3 Å². The lowest BCUT2D eigenvalue weighted by atomic mass is 10.2. The summed E-state index contributed by atoms with van der Waals surface area (Å²) < 4.78 is 5.51. The van der Waals surface area contributed by atoms with E-state index >= 15 is 0 Å². The largest absolute Gasteiger partial charge is 0.381 e. The van der Waals surface area contributed by atoms with Crippen molar-refractivity contribution in [1.82, 2.24) is 0 Å². The van der Waals surface area contributed by atoms with Gasteiger partial charge in [-0.25, -0.2) is 0 Å². The lowest BCUT2D eigenvalue weighted by Gasteiger charge is -2.03. The van der Waals surface area contributed by atoms with Gasteiger partial charge in [-0.2, -0.15) is 0 Å². The second-order valence-electron chi connectivity index (χ2n) is 3.69. The van der Waals surface area contributed by atoms with Gasteiger partial charge in [-0.1, -0.05) is 32.6 Å². The monoisotopic (exact) mass is 196 g/mol. The summed E-state index contributed by atoms with van der Waals surface area (Å²) in [6, 6.07) is 0. The van der Waals surface area contributed by atoms with Crippen LogP contribution in [0.1, 0.15) is 58.3 Å². The summed E-state index contributed by atoms with van der Waals surface area (Å²) >= 11 is 0. The molecule has 0 heterocycles. The molecule has 0 bridgehead atoms. The van der Waals surface area contributed by atoms with Crippen molar-refractivity contribution in [2.75, 3.05) is 13.2 Å². The molecule has 0 aromatic rings. The zero-order chi connectivity index (χ0) is 10.5. The first-order valence-electron chi connectivity index (χ1n) is 5.93. The van der Waals surface area contributed by atoms with Gasteiger partial charge in [0, 0.05) is 19.6 Å². The Labute approximate surface area is 89.2 Å². The zero-order valence-electron chi connectivity index (χ0n) is 9.56. The van der Waals surface area contributed by atoms with Crippen molar-refractivity contribution in [3.05, 3.63) is 0 Å². The van der Waals surface area contributed by atoms with Gasteiger partial charge in [0.15, 0.2) is 0 Å². The Hall–Kier alpha value is -0.480. The second kappa shape index (κ2) is 12.5. The molecule has 0 saturated heterocycles. The summed E-state index contributed by atoms with van der Waals surface area (Å²) in [6.45, 7) is 4.08.